The molecule has 0 aromatic heterocycles. The molecule has 2 rings (SSSR count). The molecule has 1 aliphatic rings. The Hall–Kier alpha value is -0.910. The third kappa shape index (κ3) is 2.30. The van der Waals surface area contributed by atoms with Crippen LogP contribution in [0.2, 0.25) is 0 Å². The van der Waals surface area contributed by atoms with E-state index in [4.69, 9.17) is 0 Å². The molecule has 4 nitrogen and oxygen atoms in total. The Bertz CT molecular complexity index is 452. The van der Waals surface area contributed by atoms with Crippen LogP contribution in [0.25, 0.3) is 0 Å². The topological polar surface area (TPSA) is 43.8 Å². The second kappa shape index (κ2) is 5.38. The Balaban J connectivity index is 2.34. The van der Waals surface area contributed by atoms with Crippen molar-refractivity contribution >= 4 is 27.5 Å². The average molecular weight is 313 g/mol. The summed E-state index contributed by atoms with van der Waals surface area (Å²) in [6.45, 7) is 2.54. The molecule has 0 bridgehead atoms. The molecular weight excluding hydrogens is 296 g/mol. The van der Waals surface area contributed by atoms with E-state index in [0.717, 1.165) is 10.2 Å². The number of carbonyl (C=O) groups excluding carboxylic acids is 1. The normalized spacial score (nSPS) is 25.6. The van der Waals surface area contributed by atoms with Gasteiger partial charge < -0.3 is 10.0 Å². The molecular formula is C13H17BrN2O2. The largest absolute Gasteiger partial charge is 0.394 e. The SMILES string of the molecule is CC1CN(c2ccccc2Br)C(=O)C(CO)N1C. The van der Waals surface area contributed by atoms with E-state index in [1.165, 1.54) is 0 Å². The molecule has 2 atom stereocenters. The highest BCUT2D eigenvalue weighted by Crippen LogP contribution is 2.29. The summed E-state index contributed by atoms with van der Waals surface area (Å²) in [6.07, 6.45) is 0. The number of likely N-dealkylation sites (N-methyl/N-ethyl adjacent to an activating group) is 1. The maximum Gasteiger partial charge on any atom is 0.246 e. The second-order valence-corrected chi connectivity index (χ2v) is 5.47. The summed E-state index contributed by atoms with van der Waals surface area (Å²) >= 11 is 3.47. The van der Waals surface area contributed by atoms with Gasteiger partial charge in [-0.3, -0.25) is 9.69 Å². The lowest BCUT2D eigenvalue weighted by Gasteiger charge is -2.42. The number of amides is 1. The molecule has 18 heavy (non-hydrogen) atoms. The van der Waals surface area contributed by atoms with E-state index >= 15 is 0 Å². The van der Waals surface area contributed by atoms with Crippen molar-refractivity contribution in [3.63, 3.8) is 0 Å². The summed E-state index contributed by atoms with van der Waals surface area (Å²) in [6, 6.07) is 7.41. The number of rotatable bonds is 2. The summed E-state index contributed by atoms with van der Waals surface area (Å²) in [7, 11) is 1.88. The monoisotopic (exact) mass is 312 g/mol. The van der Waals surface area contributed by atoms with E-state index in [-0.39, 0.29) is 18.6 Å². The van der Waals surface area contributed by atoms with Crippen LogP contribution in [0, 0.1) is 0 Å². The molecule has 1 aromatic rings. The van der Waals surface area contributed by atoms with Crippen LogP contribution in [0.15, 0.2) is 28.7 Å². The lowest BCUT2D eigenvalue weighted by Crippen LogP contribution is -2.61. The molecule has 1 aromatic carbocycles. The molecule has 5 heteroatoms. The van der Waals surface area contributed by atoms with Crippen molar-refractivity contribution in [2.24, 2.45) is 0 Å². The number of anilines is 1. The van der Waals surface area contributed by atoms with Crippen LogP contribution in [0.1, 0.15) is 6.92 Å². The van der Waals surface area contributed by atoms with Gasteiger partial charge in [0.2, 0.25) is 5.91 Å². The van der Waals surface area contributed by atoms with Crippen molar-refractivity contribution < 1.29 is 9.90 Å². The Morgan fingerprint density at radius 3 is 2.72 bits per heavy atom. The van der Waals surface area contributed by atoms with E-state index in [1.54, 1.807) is 4.90 Å². The number of benzene rings is 1. The van der Waals surface area contributed by atoms with Crippen molar-refractivity contribution in [3.8, 4) is 0 Å². The molecule has 1 amide bonds. The summed E-state index contributed by atoms with van der Waals surface area (Å²) in [5.74, 6) is -0.0509. The molecule has 1 N–H and O–H groups in total. The van der Waals surface area contributed by atoms with Crippen LogP contribution >= 0.6 is 15.9 Å². The first kappa shape index (κ1) is 13.5. The predicted octanol–water partition coefficient (Wildman–Crippen LogP) is 1.48. The van der Waals surface area contributed by atoms with Gasteiger partial charge in [0, 0.05) is 17.1 Å². The number of hydrogen-bond donors (Lipinski definition) is 1. The number of hydrogen-bond acceptors (Lipinski definition) is 3. The summed E-state index contributed by atoms with van der Waals surface area (Å²) < 4.78 is 0.895. The lowest BCUT2D eigenvalue weighted by atomic mass is 10.1. The Kier molecular flexibility index (Phi) is 4.04. The van der Waals surface area contributed by atoms with Gasteiger partial charge in [-0.15, -0.1) is 0 Å². The van der Waals surface area contributed by atoms with Crippen LogP contribution in [0.4, 0.5) is 5.69 Å². The number of nitrogens with zero attached hydrogens (tertiary/aromatic N) is 2. The fourth-order valence-corrected chi connectivity index (χ4v) is 2.74. The first-order chi connectivity index (χ1) is 8.56. The Labute approximate surface area is 115 Å². The minimum absolute atomic E-state index is 0.0509. The standard InChI is InChI=1S/C13H17BrN2O2/c1-9-7-16(11-6-4-3-5-10(11)14)13(18)12(8-17)15(9)2/h3-6,9,12,17H,7-8H2,1-2H3. The number of piperazine rings is 1. The molecule has 1 saturated heterocycles. The maximum atomic E-state index is 12.4. The van der Waals surface area contributed by atoms with Gasteiger partial charge >= 0.3 is 0 Å². The van der Waals surface area contributed by atoms with Crippen LogP contribution in [-0.2, 0) is 4.79 Å². The van der Waals surface area contributed by atoms with Crippen LogP contribution < -0.4 is 4.90 Å². The maximum absolute atomic E-state index is 12.4. The molecule has 0 spiro atoms. The number of aliphatic hydroxyl groups is 1. The third-order valence-corrected chi connectivity index (χ3v) is 4.17. The number of para-hydroxylation sites is 1. The lowest BCUT2D eigenvalue weighted by molar-refractivity contribution is -0.128. The zero-order valence-corrected chi connectivity index (χ0v) is 12.1. The van der Waals surface area contributed by atoms with Crippen molar-refractivity contribution in [3.05, 3.63) is 28.7 Å². The molecule has 1 heterocycles. The van der Waals surface area contributed by atoms with Gasteiger partial charge in [-0.25, -0.2) is 0 Å². The predicted molar refractivity (Wildman–Crippen MR) is 74.6 cm³/mol. The number of halogens is 1. The van der Waals surface area contributed by atoms with Gasteiger partial charge in [-0.2, -0.15) is 0 Å². The molecule has 1 fully saturated rings. The highest BCUT2D eigenvalue weighted by Gasteiger charge is 2.37. The quantitative estimate of drug-likeness (QED) is 0.899. The van der Waals surface area contributed by atoms with Crippen LogP contribution in [0.5, 0.6) is 0 Å². The van der Waals surface area contributed by atoms with E-state index < -0.39 is 6.04 Å². The van der Waals surface area contributed by atoms with E-state index in [0.29, 0.717) is 6.54 Å². The second-order valence-electron chi connectivity index (χ2n) is 4.61. The summed E-state index contributed by atoms with van der Waals surface area (Å²) in [4.78, 5) is 16.0. The Morgan fingerprint density at radius 1 is 1.44 bits per heavy atom. The zero-order chi connectivity index (χ0) is 13.3. The van der Waals surface area contributed by atoms with E-state index in [2.05, 4.69) is 22.9 Å². The fraction of sp³-hybridized carbons (Fsp3) is 0.462. The van der Waals surface area contributed by atoms with Gasteiger partial charge in [0.05, 0.1) is 12.3 Å². The minimum Gasteiger partial charge on any atom is -0.394 e. The Morgan fingerprint density at radius 2 is 2.11 bits per heavy atom. The molecule has 1 aliphatic heterocycles. The van der Waals surface area contributed by atoms with Gasteiger partial charge in [0.25, 0.3) is 0 Å². The molecule has 0 saturated carbocycles. The first-order valence-electron chi connectivity index (χ1n) is 5.95. The molecule has 0 radical (unpaired) electrons. The van der Waals surface area contributed by atoms with Crippen molar-refractivity contribution in [1.29, 1.82) is 0 Å². The van der Waals surface area contributed by atoms with Crippen LogP contribution in [-0.4, -0.2) is 48.2 Å². The number of carbonyl (C=O) groups is 1. The van der Waals surface area contributed by atoms with Gasteiger partial charge in [0.1, 0.15) is 6.04 Å². The van der Waals surface area contributed by atoms with E-state index in [9.17, 15) is 9.90 Å². The van der Waals surface area contributed by atoms with Gasteiger partial charge in [-0.05, 0) is 42.0 Å². The minimum atomic E-state index is -0.458. The van der Waals surface area contributed by atoms with Crippen molar-refractivity contribution in [2.75, 3.05) is 25.1 Å². The molecule has 98 valence electrons. The molecule has 0 aliphatic carbocycles. The highest BCUT2D eigenvalue weighted by atomic mass is 79.9. The molecule has 2 unspecified atom stereocenters. The summed E-state index contributed by atoms with van der Waals surface area (Å²) in [5.41, 5.74) is 0.862. The van der Waals surface area contributed by atoms with E-state index in [1.807, 2.05) is 36.2 Å². The first-order valence-corrected chi connectivity index (χ1v) is 6.74. The van der Waals surface area contributed by atoms with Crippen LogP contribution in [0.3, 0.4) is 0 Å². The number of aliphatic hydroxyl groups excluding tert-OH is 1. The van der Waals surface area contributed by atoms with Gasteiger partial charge in [0.15, 0.2) is 0 Å². The summed E-state index contributed by atoms with van der Waals surface area (Å²) in [5, 5.41) is 9.38. The smallest absolute Gasteiger partial charge is 0.246 e. The van der Waals surface area contributed by atoms with Crippen molar-refractivity contribution in [1.82, 2.24) is 4.90 Å². The highest BCUT2D eigenvalue weighted by molar-refractivity contribution is 9.10. The average Bonchev–Trinajstić information content (AvgIpc) is 2.36. The fourth-order valence-electron chi connectivity index (χ4n) is 2.24. The van der Waals surface area contributed by atoms with Crippen molar-refractivity contribution in [2.45, 2.75) is 19.0 Å². The van der Waals surface area contributed by atoms with Gasteiger partial charge in [-0.1, -0.05) is 12.1 Å². The zero-order valence-electron chi connectivity index (χ0n) is 10.5. The third-order valence-electron chi connectivity index (χ3n) is 3.50.